The molecule has 0 aromatic carbocycles. The lowest BCUT2D eigenvalue weighted by Gasteiger charge is -2.33. The molecule has 2 aliphatic rings. The van der Waals surface area contributed by atoms with E-state index >= 15 is 0 Å². The number of hydrogen-bond donors (Lipinski definition) is 1. The van der Waals surface area contributed by atoms with Gasteiger partial charge in [0.2, 0.25) is 5.91 Å². The summed E-state index contributed by atoms with van der Waals surface area (Å²) < 4.78 is 5.13. The summed E-state index contributed by atoms with van der Waals surface area (Å²) in [5, 5.41) is 13.4. The average Bonchev–Trinajstić information content (AvgIpc) is 3.06. The Kier molecular flexibility index (Phi) is 4.41. The fourth-order valence-corrected chi connectivity index (χ4v) is 4.26. The van der Waals surface area contributed by atoms with Crippen molar-refractivity contribution in [3.63, 3.8) is 0 Å². The lowest BCUT2D eigenvalue weighted by molar-refractivity contribution is -0.149. The minimum Gasteiger partial charge on any atom is -0.480 e. The smallest absolute Gasteiger partial charge is 0.326 e. The van der Waals surface area contributed by atoms with E-state index in [4.69, 9.17) is 4.52 Å². The van der Waals surface area contributed by atoms with Crippen LogP contribution in [0.15, 0.2) is 4.52 Å². The summed E-state index contributed by atoms with van der Waals surface area (Å²) in [7, 11) is 0. The van der Waals surface area contributed by atoms with Gasteiger partial charge < -0.3 is 14.5 Å². The first kappa shape index (κ1) is 16.0. The number of carboxylic acid groups (broad SMARTS) is 1. The number of aryl methyl sites for hydroxylation is 2. The van der Waals surface area contributed by atoms with Gasteiger partial charge >= 0.3 is 5.97 Å². The normalized spacial score (nSPS) is 27.0. The van der Waals surface area contributed by atoms with Crippen LogP contribution in [-0.2, 0) is 16.0 Å². The number of amides is 1. The Labute approximate surface area is 135 Å². The van der Waals surface area contributed by atoms with Crippen LogP contribution in [-0.4, -0.2) is 39.1 Å². The molecule has 0 bridgehead atoms. The molecule has 1 aliphatic heterocycles. The van der Waals surface area contributed by atoms with Crippen molar-refractivity contribution in [3.8, 4) is 0 Å². The van der Waals surface area contributed by atoms with Crippen molar-refractivity contribution < 1.29 is 19.2 Å². The molecule has 0 radical (unpaired) electrons. The zero-order valence-corrected chi connectivity index (χ0v) is 13.7. The molecule has 1 amide bonds. The van der Waals surface area contributed by atoms with E-state index in [1.165, 1.54) is 0 Å². The minimum absolute atomic E-state index is 0.0493. The van der Waals surface area contributed by atoms with E-state index in [9.17, 15) is 14.7 Å². The molecule has 1 saturated carbocycles. The van der Waals surface area contributed by atoms with Gasteiger partial charge in [0.1, 0.15) is 11.8 Å². The van der Waals surface area contributed by atoms with Crippen molar-refractivity contribution in [2.75, 3.05) is 0 Å². The predicted molar refractivity (Wildman–Crippen MR) is 82.9 cm³/mol. The molecule has 6 heteroatoms. The molecule has 3 atom stereocenters. The van der Waals surface area contributed by atoms with Crippen molar-refractivity contribution in [1.29, 1.82) is 0 Å². The van der Waals surface area contributed by atoms with E-state index < -0.39 is 12.0 Å². The molecule has 0 spiro atoms. The summed E-state index contributed by atoms with van der Waals surface area (Å²) in [6.07, 6.45) is 5.69. The fourth-order valence-electron chi connectivity index (χ4n) is 4.26. The van der Waals surface area contributed by atoms with Gasteiger partial charge in [0, 0.05) is 18.0 Å². The number of carbonyl (C=O) groups excluding carboxylic acids is 1. The Bertz CT molecular complexity index is 590. The fraction of sp³-hybridized carbons (Fsp3) is 0.706. The van der Waals surface area contributed by atoms with Crippen LogP contribution < -0.4 is 0 Å². The summed E-state index contributed by atoms with van der Waals surface area (Å²) in [6.45, 7) is 3.70. The number of rotatable bonds is 4. The van der Waals surface area contributed by atoms with Crippen LogP contribution in [0.1, 0.15) is 55.5 Å². The Morgan fingerprint density at radius 1 is 1.30 bits per heavy atom. The van der Waals surface area contributed by atoms with Crippen LogP contribution >= 0.6 is 0 Å². The molecular formula is C17H24N2O4. The highest BCUT2D eigenvalue weighted by Crippen LogP contribution is 2.40. The average molecular weight is 320 g/mol. The predicted octanol–water partition coefficient (Wildman–Crippen LogP) is 2.47. The topological polar surface area (TPSA) is 83.6 Å². The highest BCUT2D eigenvalue weighted by molar-refractivity contribution is 5.85. The summed E-state index contributed by atoms with van der Waals surface area (Å²) in [4.78, 5) is 26.0. The van der Waals surface area contributed by atoms with Gasteiger partial charge in [-0.05, 0) is 45.4 Å². The Hall–Kier alpha value is -1.85. The standard InChI is InChI=1S/C17H24N2O4/c1-10-13(11(2)23-18-10)7-8-16(20)19-14-6-4-3-5-12(14)9-15(19)17(21)22/h12,14-15H,3-9H2,1-2H3,(H,21,22)/t12-,14+,15+/m1/s1. The summed E-state index contributed by atoms with van der Waals surface area (Å²) in [5.74, 6) is 0.173. The van der Waals surface area contributed by atoms with Gasteiger partial charge in [-0.25, -0.2) is 4.79 Å². The van der Waals surface area contributed by atoms with Gasteiger partial charge in [0.05, 0.1) is 5.69 Å². The van der Waals surface area contributed by atoms with Crippen molar-refractivity contribution in [2.24, 2.45) is 5.92 Å². The molecule has 2 fully saturated rings. The third-order valence-corrected chi connectivity index (χ3v) is 5.43. The van der Waals surface area contributed by atoms with Gasteiger partial charge in [-0.15, -0.1) is 0 Å². The van der Waals surface area contributed by atoms with Crippen LogP contribution in [0.5, 0.6) is 0 Å². The van der Waals surface area contributed by atoms with Crippen molar-refractivity contribution >= 4 is 11.9 Å². The molecule has 0 unspecified atom stereocenters. The van der Waals surface area contributed by atoms with Crippen molar-refractivity contribution in [2.45, 2.75) is 70.9 Å². The van der Waals surface area contributed by atoms with Crippen LogP contribution in [0.2, 0.25) is 0 Å². The van der Waals surface area contributed by atoms with Crippen LogP contribution in [0.4, 0.5) is 0 Å². The maximum Gasteiger partial charge on any atom is 0.326 e. The Morgan fingerprint density at radius 3 is 2.70 bits per heavy atom. The first-order chi connectivity index (χ1) is 11.0. The van der Waals surface area contributed by atoms with Gasteiger partial charge in [-0.3, -0.25) is 4.79 Å². The zero-order chi connectivity index (χ0) is 16.6. The number of fused-ring (bicyclic) bond motifs is 1. The second-order valence-corrected chi connectivity index (χ2v) is 6.81. The Morgan fingerprint density at radius 2 is 2.04 bits per heavy atom. The third kappa shape index (κ3) is 2.99. The molecule has 3 rings (SSSR count). The number of aromatic nitrogens is 1. The second kappa shape index (κ2) is 6.34. The summed E-state index contributed by atoms with van der Waals surface area (Å²) in [6, 6.07) is -0.540. The number of hydrogen-bond acceptors (Lipinski definition) is 4. The SMILES string of the molecule is Cc1noc(C)c1CCC(=O)N1[C@H](C(=O)O)C[C@H]2CCCC[C@@H]21. The quantitative estimate of drug-likeness (QED) is 0.921. The lowest BCUT2D eigenvalue weighted by atomic mass is 9.84. The van der Waals surface area contributed by atoms with Gasteiger partial charge in [0.15, 0.2) is 0 Å². The number of likely N-dealkylation sites (tertiary alicyclic amines) is 1. The monoisotopic (exact) mass is 320 g/mol. The molecule has 1 saturated heterocycles. The van der Waals surface area contributed by atoms with E-state index in [1.807, 2.05) is 13.8 Å². The minimum atomic E-state index is -0.870. The van der Waals surface area contributed by atoms with E-state index in [0.717, 1.165) is 42.7 Å². The van der Waals surface area contributed by atoms with Crippen molar-refractivity contribution in [3.05, 3.63) is 17.0 Å². The van der Waals surface area contributed by atoms with E-state index in [-0.39, 0.29) is 11.9 Å². The van der Waals surface area contributed by atoms with Gasteiger partial charge in [-0.1, -0.05) is 18.0 Å². The number of nitrogens with zero attached hydrogens (tertiary/aromatic N) is 2. The number of carboxylic acids is 1. The largest absolute Gasteiger partial charge is 0.480 e. The molecule has 1 aliphatic carbocycles. The van der Waals surface area contributed by atoms with Crippen LogP contribution in [0, 0.1) is 19.8 Å². The van der Waals surface area contributed by atoms with Crippen LogP contribution in [0.3, 0.4) is 0 Å². The van der Waals surface area contributed by atoms with E-state index in [0.29, 0.717) is 25.2 Å². The van der Waals surface area contributed by atoms with E-state index in [1.54, 1.807) is 4.90 Å². The molecule has 23 heavy (non-hydrogen) atoms. The molecular weight excluding hydrogens is 296 g/mol. The molecule has 126 valence electrons. The summed E-state index contributed by atoms with van der Waals surface area (Å²) in [5.41, 5.74) is 1.77. The van der Waals surface area contributed by atoms with Crippen molar-refractivity contribution in [1.82, 2.24) is 10.1 Å². The first-order valence-corrected chi connectivity index (χ1v) is 8.44. The number of aliphatic carboxylic acids is 1. The Balaban J connectivity index is 1.72. The van der Waals surface area contributed by atoms with E-state index in [2.05, 4.69) is 5.16 Å². The number of carbonyl (C=O) groups is 2. The highest BCUT2D eigenvalue weighted by atomic mass is 16.5. The third-order valence-electron chi connectivity index (χ3n) is 5.43. The maximum atomic E-state index is 12.7. The molecule has 1 aromatic heterocycles. The highest BCUT2D eigenvalue weighted by Gasteiger charge is 2.47. The molecule has 1 aromatic rings. The lowest BCUT2D eigenvalue weighted by Crippen LogP contribution is -2.46. The van der Waals surface area contributed by atoms with Gasteiger partial charge in [-0.2, -0.15) is 0 Å². The zero-order valence-electron chi connectivity index (χ0n) is 13.7. The molecule has 6 nitrogen and oxygen atoms in total. The maximum absolute atomic E-state index is 12.7. The molecule has 2 heterocycles. The first-order valence-electron chi connectivity index (χ1n) is 8.44. The molecule has 1 N–H and O–H groups in total. The van der Waals surface area contributed by atoms with Crippen LogP contribution in [0.25, 0.3) is 0 Å². The van der Waals surface area contributed by atoms with Gasteiger partial charge in [0.25, 0.3) is 0 Å². The summed E-state index contributed by atoms with van der Waals surface area (Å²) >= 11 is 0. The second-order valence-electron chi connectivity index (χ2n) is 6.81.